The van der Waals surface area contributed by atoms with Crippen LogP contribution >= 0.6 is 0 Å². The minimum absolute atomic E-state index is 0.0160. The van der Waals surface area contributed by atoms with Crippen molar-refractivity contribution in [2.75, 3.05) is 26.8 Å². The molecule has 1 heterocycles. The zero-order valence-electron chi connectivity index (χ0n) is 9.60. The Labute approximate surface area is 99.3 Å². The van der Waals surface area contributed by atoms with Gasteiger partial charge in [0.25, 0.3) is 0 Å². The number of aromatic hydroxyl groups is 1. The SMILES string of the molecule is COc1cc(C=O)c(C2CNCCO2)cc1O. The molecule has 17 heavy (non-hydrogen) atoms. The lowest BCUT2D eigenvalue weighted by Crippen LogP contribution is -2.33. The lowest BCUT2D eigenvalue weighted by molar-refractivity contribution is 0.0271. The number of methoxy groups -OCH3 is 1. The zero-order chi connectivity index (χ0) is 12.3. The maximum Gasteiger partial charge on any atom is 0.161 e. The van der Waals surface area contributed by atoms with E-state index in [4.69, 9.17) is 9.47 Å². The number of carbonyl (C=O) groups is 1. The number of phenolic OH excluding ortho intramolecular Hbond substituents is 1. The van der Waals surface area contributed by atoms with Crippen LogP contribution in [0.4, 0.5) is 0 Å². The third-order valence-corrected chi connectivity index (χ3v) is 2.79. The summed E-state index contributed by atoms with van der Waals surface area (Å²) in [5, 5.41) is 12.9. The number of nitrogens with one attached hydrogen (secondary N) is 1. The quantitative estimate of drug-likeness (QED) is 0.764. The zero-order valence-corrected chi connectivity index (χ0v) is 9.60. The largest absolute Gasteiger partial charge is 0.504 e. The minimum atomic E-state index is -0.208. The van der Waals surface area contributed by atoms with Crippen LogP contribution in [0.15, 0.2) is 12.1 Å². The fourth-order valence-corrected chi connectivity index (χ4v) is 1.91. The van der Waals surface area contributed by atoms with Gasteiger partial charge in [0.05, 0.1) is 19.8 Å². The highest BCUT2D eigenvalue weighted by Crippen LogP contribution is 2.33. The van der Waals surface area contributed by atoms with E-state index >= 15 is 0 Å². The molecule has 1 unspecified atom stereocenters. The van der Waals surface area contributed by atoms with Gasteiger partial charge in [-0.05, 0) is 17.7 Å². The van der Waals surface area contributed by atoms with Crippen LogP contribution in [0.5, 0.6) is 11.5 Å². The topological polar surface area (TPSA) is 67.8 Å². The summed E-state index contributed by atoms with van der Waals surface area (Å²) in [5.74, 6) is 0.307. The molecule has 5 heteroatoms. The van der Waals surface area contributed by atoms with E-state index in [1.54, 1.807) is 0 Å². The number of benzene rings is 1. The summed E-state index contributed by atoms with van der Waals surface area (Å²) in [6, 6.07) is 3.05. The van der Waals surface area contributed by atoms with Crippen molar-refractivity contribution < 1.29 is 19.4 Å². The van der Waals surface area contributed by atoms with Crippen molar-refractivity contribution in [2.24, 2.45) is 0 Å². The third kappa shape index (κ3) is 2.40. The van der Waals surface area contributed by atoms with Gasteiger partial charge in [-0.3, -0.25) is 4.79 Å². The lowest BCUT2D eigenvalue weighted by atomic mass is 10.0. The van der Waals surface area contributed by atoms with E-state index in [-0.39, 0.29) is 11.9 Å². The van der Waals surface area contributed by atoms with Gasteiger partial charge >= 0.3 is 0 Å². The predicted molar refractivity (Wildman–Crippen MR) is 61.6 cm³/mol. The smallest absolute Gasteiger partial charge is 0.161 e. The van der Waals surface area contributed by atoms with Crippen LogP contribution in [0.3, 0.4) is 0 Å². The Bertz CT molecular complexity index is 413. The molecule has 0 radical (unpaired) electrons. The second-order valence-corrected chi connectivity index (χ2v) is 3.83. The molecule has 1 aliphatic rings. The number of carbonyl (C=O) groups excluding carboxylic acids is 1. The third-order valence-electron chi connectivity index (χ3n) is 2.79. The van der Waals surface area contributed by atoms with Gasteiger partial charge in [-0.2, -0.15) is 0 Å². The summed E-state index contributed by atoms with van der Waals surface area (Å²) < 4.78 is 10.5. The highest BCUT2D eigenvalue weighted by molar-refractivity contribution is 5.79. The van der Waals surface area contributed by atoms with Crippen LogP contribution < -0.4 is 10.1 Å². The number of hydrogen-bond donors (Lipinski definition) is 2. The first kappa shape index (κ1) is 11.9. The normalized spacial score (nSPS) is 19.9. The van der Waals surface area contributed by atoms with Crippen LogP contribution in [0.2, 0.25) is 0 Å². The average molecular weight is 237 g/mol. The second-order valence-electron chi connectivity index (χ2n) is 3.83. The Hall–Kier alpha value is -1.59. The standard InChI is InChI=1S/C12H15NO4/c1-16-11-4-8(7-14)9(5-10(11)15)12-6-13-2-3-17-12/h4-5,7,12-13,15H,2-3,6H2,1H3. The number of aldehydes is 1. The predicted octanol–water partition coefficient (Wildman–Crippen LogP) is 0.874. The fraction of sp³-hybridized carbons (Fsp3) is 0.417. The van der Waals surface area contributed by atoms with Crippen molar-refractivity contribution in [1.82, 2.24) is 5.32 Å². The molecule has 0 aliphatic carbocycles. The van der Waals surface area contributed by atoms with Crippen molar-refractivity contribution in [3.05, 3.63) is 23.3 Å². The molecule has 0 amide bonds. The monoisotopic (exact) mass is 237 g/mol. The molecule has 0 bridgehead atoms. The number of ether oxygens (including phenoxy) is 2. The number of morpholine rings is 1. The first-order valence-electron chi connectivity index (χ1n) is 5.44. The summed E-state index contributed by atoms with van der Waals surface area (Å²) in [6.45, 7) is 2.03. The van der Waals surface area contributed by atoms with Crippen molar-refractivity contribution in [3.8, 4) is 11.5 Å². The number of hydrogen-bond acceptors (Lipinski definition) is 5. The van der Waals surface area contributed by atoms with Crippen LogP contribution in [0.25, 0.3) is 0 Å². The highest BCUT2D eigenvalue weighted by atomic mass is 16.5. The molecule has 2 N–H and O–H groups in total. The Balaban J connectivity index is 2.37. The van der Waals surface area contributed by atoms with Crippen LogP contribution in [-0.2, 0) is 4.74 Å². The Morgan fingerprint density at radius 3 is 3.00 bits per heavy atom. The molecule has 1 saturated heterocycles. The average Bonchev–Trinajstić information content (AvgIpc) is 2.39. The molecular formula is C12H15NO4. The van der Waals surface area contributed by atoms with Gasteiger partial charge in [0, 0.05) is 18.7 Å². The van der Waals surface area contributed by atoms with Crippen molar-refractivity contribution in [1.29, 1.82) is 0 Å². The second kappa shape index (κ2) is 5.16. The molecule has 2 rings (SSSR count). The molecule has 92 valence electrons. The van der Waals surface area contributed by atoms with E-state index in [1.165, 1.54) is 19.2 Å². The van der Waals surface area contributed by atoms with Gasteiger partial charge in [-0.15, -0.1) is 0 Å². The van der Waals surface area contributed by atoms with E-state index in [1.807, 2.05) is 0 Å². The molecule has 1 fully saturated rings. The molecule has 1 aliphatic heterocycles. The Morgan fingerprint density at radius 2 is 2.41 bits per heavy atom. The van der Waals surface area contributed by atoms with Gasteiger partial charge in [-0.25, -0.2) is 0 Å². The molecule has 1 atom stereocenters. The summed E-state index contributed by atoms with van der Waals surface area (Å²) in [6.07, 6.45) is 0.538. The van der Waals surface area contributed by atoms with E-state index in [2.05, 4.69) is 5.32 Å². The molecule has 0 spiro atoms. The van der Waals surface area contributed by atoms with Crippen LogP contribution in [0.1, 0.15) is 22.0 Å². The minimum Gasteiger partial charge on any atom is -0.504 e. The van der Waals surface area contributed by atoms with Crippen molar-refractivity contribution >= 4 is 6.29 Å². The first-order valence-corrected chi connectivity index (χ1v) is 5.44. The number of rotatable bonds is 3. The molecule has 0 aromatic heterocycles. The molecule has 0 saturated carbocycles. The van der Waals surface area contributed by atoms with Gasteiger partial charge in [0.1, 0.15) is 0 Å². The summed E-state index contributed by atoms with van der Waals surface area (Å²) in [4.78, 5) is 11.0. The van der Waals surface area contributed by atoms with E-state index in [0.29, 0.717) is 30.0 Å². The van der Waals surface area contributed by atoms with E-state index in [0.717, 1.165) is 12.8 Å². The van der Waals surface area contributed by atoms with Crippen molar-refractivity contribution in [3.63, 3.8) is 0 Å². The van der Waals surface area contributed by atoms with E-state index in [9.17, 15) is 9.90 Å². The highest BCUT2D eigenvalue weighted by Gasteiger charge is 2.21. The molecular weight excluding hydrogens is 222 g/mol. The van der Waals surface area contributed by atoms with E-state index < -0.39 is 0 Å². The molecule has 5 nitrogen and oxygen atoms in total. The van der Waals surface area contributed by atoms with Gasteiger partial charge in [0.15, 0.2) is 17.8 Å². The molecule has 1 aromatic rings. The fourth-order valence-electron chi connectivity index (χ4n) is 1.91. The maximum atomic E-state index is 11.0. The van der Waals surface area contributed by atoms with Crippen LogP contribution in [-0.4, -0.2) is 38.2 Å². The summed E-state index contributed by atoms with van der Waals surface area (Å²) in [7, 11) is 1.45. The number of phenols is 1. The molecule has 1 aromatic carbocycles. The Kier molecular flexibility index (Phi) is 3.61. The Morgan fingerprint density at radius 1 is 1.59 bits per heavy atom. The van der Waals surface area contributed by atoms with Gasteiger partial charge < -0.3 is 19.9 Å². The van der Waals surface area contributed by atoms with Crippen LogP contribution in [0, 0.1) is 0 Å². The van der Waals surface area contributed by atoms with Gasteiger partial charge in [-0.1, -0.05) is 0 Å². The van der Waals surface area contributed by atoms with Gasteiger partial charge in [0.2, 0.25) is 0 Å². The van der Waals surface area contributed by atoms with Crippen molar-refractivity contribution in [2.45, 2.75) is 6.10 Å². The summed E-state index contributed by atoms with van der Waals surface area (Å²) >= 11 is 0. The lowest BCUT2D eigenvalue weighted by Gasteiger charge is -2.25. The maximum absolute atomic E-state index is 11.0. The summed E-state index contributed by atoms with van der Waals surface area (Å²) in [5.41, 5.74) is 1.17. The first-order chi connectivity index (χ1) is 8.26.